The second-order valence-corrected chi connectivity index (χ2v) is 8.66. The van der Waals surface area contributed by atoms with Crippen LogP contribution in [0.1, 0.15) is 38.5 Å². The van der Waals surface area contributed by atoms with E-state index >= 15 is 0 Å². The molecule has 14 heteroatoms. The molecule has 9 N–H and O–H groups in total. The second kappa shape index (κ2) is 17.4. The fraction of sp³-hybridized carbons (Fsp3) is 0.737. The maximum atomic E-state index is 12.9. The van der Waals surface area contributed by atoms with E-state index in [2.05, 4.69) is 28.6 Å². The Kier molecular flexibility index (Phi) is 16.4. The van der Waals surface area contributed by atoms with Crippen molar-refractivity contribution >= 4 is 54.1 Å². The number of amides is 3. The van der Waals surface area contributed by atoms with Crippen LogP contribution >= 0.6 is 24.4 Å². The van der Waals surface area contributed by atoms with Crippen LogP contribution in [0.25, 0.3) is 0 Å². The van der Waals surface area contributed by atoms with Crippen molar-refractivity contribution in [1.29, 1.82) is 0 Å². The number of rotatable bonds is 18. The van der Waals surface area contributed by atoms with Crippen molar-refractivity contribution in [2.24, 2.45) is 11.5 Å². The van der Waals surface area contributed by atoms with Gasteiger partial charge < -0.3 is 37.6 Å². The monoisotopic (exact) mass is 509 g/mol. The molecule has 0 aliphatic heterocycles. The van der Waals surface area contributed by atoms with E-state index in [4.69, 9.17) is 16.6 Å². The van der Waals surface area contributed by atoms with Crippen molar-refractivity contribution in [2.45, 2.75) is 62.7 Å². The van der Waals surface area contributed by atoms with E-state index in [1.54, 1.807) is 0 Å². The molecule has 3 amide bonds. The van der Waals surface area contributed by atoms with Crippen LogP contribution in [0.2, 0.25) is 0 Å². The van der Waals surface area contributed by atoms with Gasteiger partial charge in [0.15, 0.2) is 0 Å². The Morgan fingerprint density at radius 1 is 0.879 bits per heavy atom. The third-order valence-corrected chi connectivity index (χ3v) is 5.66. The highest BCUT2D eigenvalue weighted by Gasteiger charge is 2.30. The number of hydrogen-bond acceptors (Lipinski definition) is 9. The first-order valence-electron chi connectivity index (χ1n) is 10.5. The molecule has 4 atom stereocenters. The topological polar surface area (TPSA) is 214 Å². The molecular weight excluding hydrogens is 474 g/mol. The predicted octanol–water partition coefficient (Wildman–Crippen LogP) is -1.47. The SMILES string of the molecule is CSCCC(NC(=O)C(N)CS)C(=O)NC(CCCCN)C(=O)NC(CCC(=O)O)C(=O)O. The van der Waals surface area contributed by atoms with Crippen LogP contribution < -0.4 is 27.4 Å². The van der Waals surface area contributed by atoms with E-state index in [1.807, 2.05) is 6.26 Å². The summed E-state index contributed by atoms with van der Waals surface area (Å²) in [5.41, 5.74) is 11.1. The van der Waals surface area contributed by atoms with Crippen molar-refractivity contribution < 1.29 is 34.2 Å². The molecule has 0 saturated heterocycles. The highest BCUT2D eigenvalue weighted by Crippen LogP contribution is 2.07. The first-order valence-corrected chi connectivity index (χ1v) is 12.5. The van der Waals surface area contributed by atoms with E-state index in [1.165, 1.54) is 11.8 Å². The molecule has 0 saturated carbocycles. The zero-order chi connectivity index (χ0) is 25.4. The molecule has 12 nitrogen and oxygen atoms in total. The van der Waals surface area contributed by atoms with Crippen molar-refractivity contribution in [3.63, 3.8) is 0 Å². The number of thiol groups is 1. The third kappa shape index (κ3) is 13.3. The summed E-state index contributed by atoms with van der Waals surface area (Å²) < 4.78 is 0. The standard InChI is InChI=1S/C19H35N5O7S2/c1-33-9-7-13(22-16(27)11(21)10-32)18(29)23-12(4-2-3-8-20)17(28)24-14(19(30)31)5-6-15(25)26/h11-14,32H,2-10,20-21H2,1H3,(H,22,27)(H,23,29)(H,24,28)(H,25,26)(H,30,31). The van der Waals surface area contributed by atoms with Gasteiger partial charge in [-0.15, -0.1) is 0 Å². The Labute approximate surface area is 202 Å². The zero-order valence-corrected chi connectivity index (χ0v) is 20.3. The van der Waals surface area contributed by atoms with Crippen molar-refractivity contribution in [2.75, 3.05) is 24.3 Å². The summed E-state index contributed by atoms with van der Waals surface area (Å²) in [6.45, 7) is 0.368. The molecule has 0 spiro atoms. The molecule has 0 bridgehead atoms. The first kappa shape index (κ1) is 31.0. The van der Waals surface area contributed by atoms with E-state index in [0.717, 1.165) is 0 Å². The summed E-state index contributed by atoms with van der Waals surface area (Å²) in [6.07, 6.45) is 2.59. The van der Waals surface area contributed by atoms with Crippen LogP contribution in [0.4, 0.5) is 0 Å². The van der Waals surface area contributed by atoms with Crippen LogP contribution in [0.3, 0.4) is 0 Å². The zero-order valence-electron chi connectivity index (χ0n) is 18.6. The summed E-state index contributed by atoms with van der Waals surface area (Å²) >= 11 is 5.44. The third-order valence-electron chi connectivity index (χ3n) is 4.62. The fourth-order valence-electron chi connectivity index (χ4n) is 2.70. The number of hydrogen-bond donors (Lipinski definition) is 8. The lowest BCUT2D eigenvalue weighted by atomic mass is 10.1. The van der Waals surface area contributed by atoms with Crippen LogP contribution in [-0.4, -0.2) is 88.3 Å². The van der Waals surface area contributed by atoms with E-state index in [-0.39, 0.29) is 25.0 Å². The van der Waals surface area contributed by atoms with Gasteiger partial charge in [-0.05, 0) is 50.7 Å². The van der Waals surface area contributed by atoms with E-state index < -0.39 is 60.2 Å². The smallest absolute Gasteiger partial charge is 0.326 e. The Bertz CT molecular complexity index is 668. The fourth-order valence-corrected chi connectivity index (χ4v) is 3.33. The maximum Gasteiger partial charge on any atom is 0.326 e. The van der Waals surface area contributed by atoms with Gasteiger partial charge in [0.25, 0.3) is 0 Å². The van der Waals surface area contributed by atoms with Gasteiger partial charge in [-0.2, -0.15) is 24.4 Å². The van der Waals surface area contributed by atoms with Crippen LogP contribution in [-0.2, 0) is 24.0 Å². The molecule has 0 fully saturated rings. The maximum absolute atomic E-state index is 12.9. The van der Waals surface area contributed by atoms with Crippen molar-refractivity contribution in [3.8, 4) is 0 Å². The number of unbranched alkanes of at least 4 members (excludes halogenated alkanes) is 1. The number of carboxylic acid groups (broad SMARTS) is 2. The summed E-state index contributed by atoms with van der Waals surface area (Å²) in [4.78, 5) is 60.0. The van der Waals surface area contributed by atoms with Crippen molar-refractivity contribution in [3.05, 3.63) is 0 Å². The number of thioether (sulfide) groups is 1. The minimum absolute atomic E-state index is 0.0831. The summed E-state index contributed by atoms with van der Waals surface area (Å²) in [6, 6.07) is -4.39. The number of nitrogens with one attached hydrogen (secondary N) is 3. The highest BCUT2D eigenvalue weighted by atomic mass is 32.2. The van der Waals surface area contributed by atoms with Crippen LogP contribution in [0.5, 0.6) is 0 Å². The minimum atomic E-state index is -1.43. The van der Waals surface area contributed by atoms with Gasteiger partial charge in [-0.3, -0.25) is 19.2 Å². The van der Waals surface area contributed by atoms with Gasteiger partial charge in [-0.1, -0.05) is 0 Å². The summed E-state index contributed by atoms with van der Waals surface area (Å²) in [5, 5.41) is 25.5. The lowest BCUT2D eigenvalue weighted by Crippen LogP contribution is -2.57. The largest absolute Gasteiger partial charge is 0.481 e. The number of nitrogens with two attached hydrogens (primary N) is 2. The van der Waals surface area contributed by atoms with Gasteiger partial charge in [0.05, 0.1) is 6.04 Å². The minimum Gasteiger partial charge on any atom is -0.481 e. The summed E-state index contributed by atoms with van der Waals surface area (Å²) in [7, 11) is 0. The van der Waals surface area contributed by atoms with Crippen molar-refractivity contribution in [1.82, 2.24) is 16.0 Å². The molecule has 0 aliphatic carbocycles. The Morgan fingerprint density at radius 2 is 1.42 bits per heavy atom. The van der Waals surface area contributed by atoms with Gasteiger partial charge >= 0.3 is 11.9 Å². The molecule has 0 rings (SSSR count). The average molecular weight is 510 g/mol. The van der Waals surface area contributed by atoms with Gasteiger partial charge in [-0.25, -0.2) is 4.79 Å². The Balaban J connectivity index is 5.43. The number of carboxylic acids is 2. The van der Waals surface area contributed by atoms with Gasteiger partial charge in [0, 0.05) is 12.2 Å². The average Bonchev–Trinajstić information content (AvgIpc) is 2.77. The predicted molar refractivity (Wildman–Crippen MR) is 128 cm³/mol. The molecule has 0 aliphatic rings. The lowest BCUT2D eigenvalue weighted by Gasteiger charge is -2.25. The Hall–Kier alpha value is -2.03. The number of carbonyl (C=O) groups is 5. The first-order chi connectivity index (χ1) is 15.6. The second-order valence-electron chi connectivity index (χ2n) is 7.31. The molecule has 33 heavy (non-hydrogen) atoms. The lowest BCUT2D eigenvalue weighted by molar-refractivity contribution is -0.143. The van der Waals surface area contributed by atoms with E-state index in [0.29, 0.717) is 25.1 Å². The molecule has 0 aromatic rings. The molecule has 190 valence electrons. The van der Waals surface area contributed by atoms with E-state index in [9.17, 15) is 29.1 Å². The van der Waals surface area contributed by atoms with Gasteiger partial charge in [0.2, 0.25) is 17.7 Å². The molecule has 0 heterocycles. The molecule has 0 aromatic carbocycles. The van der Waals surface area contributed by atoms with Crippen LogP contribution in [0.15, 0.2) is 0 Å². The molecule has 0 radical (unpaired) electrons. The molecular formula is C19H35N5O7S2. The highest BCUT2D eigenvalue weighted by molar-refractivity contribution is 7.98. The Morgan fingerprint density at radius 3 is 1.91 bits per heavy atom. The normalized spacial score (nSPS) is 14.4. The van der Waals surface area contributed by atoms with Gasteiger partial charge in [0.1, 0.15) is 18.1 Å². The molecule has 0 aromatic heterocycles. The van der Waals surface area contributed by atoms with Crippen LogP contribution in [0, 0.1) is 0 Å². The quantitative estimate of drug-likeness (QED) is 0.0793. The number of carbonyl (C=O) groups excluding carboxylic acids is 3. The molecule has 4 unspecified atom stereocenters. The summed E-state index contributed by atoms with van der Waals surface area (Å²) in [5.74, 6) is -3.89. The number of aliphatic carboxylic acids is 2.